The van der Waals surface area contributed by atoms with Crippen molar-refractivity contribution in [3.05, 3.63) is 34.9 Å². The fourth-order valence-electron chi connectivity index (χ4n) is 4.24. The number of carbonyl (C=O) groups is 3. The number of likely N-dealkylation sites (tertiary alicyclic amines) is 1. The van der Waals surface area contributed by atoms with Crippen LogP contribution in [-0.2, 0) is 4.79 Å². The Hall–Kier alpha value is -1.92. The first kappa shape index (κ1) is 18.9. The van der Waals surface area contributed by atoms with Crippen molar-refractivity contribution >= 4 is 30.1 Å². The first-order chi connectivity index (χ1) is 12.0. The fraction of sp³-hybridized carbons (Fsp3) is 0.526. The summed E-state index contributed by atoms with van der Waals surface area (Å²) in [7, 11) is 0. The number of amides is 3. The number of carbonyl (C=O) groups excluding carboxylic acids is 3. The Kier molecular flexibility index (Phi) is 5.08. The number of fused-ring (bicyclic) bond motifs is 3. The number of hydrogen-bond acceptors (Lipinski definition) is 4. The van der Waals surface area contributed by atoms with Gasteiger partial charge in [-0.3, -0.25) is 19.3 Å². The van der Waals surface area contributed by atoms with Gasteiger partial charge < -0.3 is 10.2 Å². The molecule has 4 rings (SSSR count). The van der Waals surface area contributed by atoms with Gasteiger partial charge in [0.25, 0.3) is 11.8 Å². The number of nitrogens with one attached hydrogen (secondary N) is 1. The van der Waals surface area contributed by atoms with Crippen LogP contribution in [0.1, 0.15) is 52.5 Å². The molecule has 0 radical (unpaired) electrons. The zero-order chi connectivity index (χ0) is 17.7. The van der Waals surface area contributed by atoms with Crippen LogP contribution in [-0.4, -0.2) is 58.7 Å². The molecule has 6 nitrogen and oxygen atoms in total. The molecule has 2 bridgehead atoms. The van der Waals surface area contributed by atoms with E-state index in [4.69, 9.17) is 0 Å². The molecule has 2 saturated heterocycles. The van der Waals surface area contributed by atoms with Crippen LogP contribution in [0.4, 0.5) is 0 Å². The van der Waals surface area contributed by atoms with Gasteiger partial charge in [0, 0.05) is 25.2 Å². The van der Waals surface area contributed by atoms with Gasteiger partial charge in [-0.1, -0.05) is 11.6 Å². The summed E-state index contributed by atoms with van der Waals surface area (Å²) in [6.45, 7) is 4.88. The van der Waals surface area contributed by atoms with E-state index in [9.17, 15) is 14.4 Å². The van der Waals surface area contributed by atoms with E-state index in [1.54, 1.807) is 19.1 Å². The van der Waals surface area contributed by atoms with E-state index in [0.717, 1.165) is 23.3 Å². The van der Waals surface area contributed by atoms with E-state index >= 15 is 0 Å². The van der Waals surface area contributed by atoms with E-state index in [-0.39, 0.29) is 30.1 Å². The average molecular weight is 378 g/mol. The number of imide groups is 1. The number of aryl methyl sites for hydroxylation is 1. The van der Waals surface area contributed by atoms with Crippen molar-refractivity contribution in [2.75, 3.05) is 13.1 Å². The first-order valence-corrected chi connectivity index (χ1v) is 8.99. The summed E-state index contributed by atoms with van der Waals surface area (Å²) in [6, 6.07) is 5.26. The van der Waals surface area contributed by atoms with Crippen LogP contribution in [0.5, 0.6) is 0 Å². The normalized spacial score (nSPS) is 25.6. The molecule has 1 aromatic carbocycles. The quantitative estimate of drug-likeness (QED) is 0.797. The first-order valence-electron chi connectivity index (χ1n) is 8.99. The van der Waals surface area contributed by atoms with Gasteiger partial charge in [-0.2, -0.15) is 0 Å². The molecular weight excluding hydrogens is 354 g/mol. The van der Waals surface area contributed by atoms with Gasteiger partial charge in [-0.15, -0.1) is 12.4 Å². The number of benzene rings is 1. The number of hydrogen-bond donors (Lipinski definition) is 1. The van der Waals surface area contributed by atoms with E-state index in [0.29, 0.717) is 36.3 Å². The molecule has 26 heavy (non-hydrogen) atoms. The highest BCUT2D eigenvalue weighted by Crippen LogP contribution is 2.27. The van der Waals surface area contributed by atoms with Gasteiger partial charge in [0.1, 0.15) is 6.04 Å². The van der Waals surface area contributed by atoms with Crippen molar-refractivity contribution < 1.29 is 14.4 Å². The van der Waals surface area contributed by atoms with Crippen LogP contribution in [0.2, 0.25) is 0 Å². The Labute approximate surface area is 159 Å². The van der Waals surface area contributed by atoms with Crippen molar-refractivity contribution in [3.63, 3.8) is 0 Å². The Balaban J connectivity index is 0.00000196. The monoisotopic (exact) mass is 377 g/mol. The molecular formula is C19H24ClN3O3. The smallest absolute Gasteiger partial charge is 0.262 e. The van der Waals surface area contributed by atoms with Gasteiger partial charge in [-0.25, -0.2) is 0 Å². The summed E-state index contributed by atoms with van der Waals surface area (Å²) < 4.78 is 0. The Morgan fingerprint density at radius 3 is 2.58 bits per heavy atom. The highest BCUT2D eigenvalue weighted by atomic mass is 35.5. The van der Waals surface area contributed by atoms with Gasteiger partial charge in [0.2, 0.25) is 5.91 Å². The Bertz CT molecular complexity index is 766. The second-order valence-electron chi connectivity index (χ2n) is 7.42. The average Bonchev–Trinajstić information content (AvgIpc) is 3.03. The second kappa shape index (κ2) is 7.00. The minimum absolute atomic E-state index is 0. The van der Waals surface area contributed by atoms with Crippen molar-refractivity contribution in [1.29, 1.82) is 0 Å². The summed E-state index contributed by atoms with van der Waals surface area (Å²) >= 11 is 0. The zero-order valence-electron chi connectivity index (χ0n) is 15.0. The summed E-state index contributed by atoms with van der Waals surface area (Å²) in [5, 5.41) is 3.54. The molecule has 3 heterocycles. The molecule has 3 amide bonds. The summed E-state index contributed by atoms with van der Waals surface area (Å²) in [6.07, 6.45) is 3.17. The predicted octanol–water partition coefficient (Wildman–Crippen LogP) is 1.75. The summed E-state index contributed by atoms with van der Waals surface area (Å²) in [5.41, 5.74) is 1.73. The maximum absolute atomic E-state index is 13.0. The summed E-state index contributed by atoms with van der Waals surface area (Å²) in [4.78, 5) is 41.3. The van der Waals surface area contributed by atoms with Gasteiger partial charge in [-0.05, 0) is 45.2 Å². The third-order valence-electron chi connectivity index (χ3n) is 5.65. The molecule has 0 aromatic heterocycles. The van der Waals surface area contributed by atoms with Crippen molar-refractivity contribution in [2.45, 2.75) is 51.2 Å². The highest BCUT2D eigenvalue weighted by Gasteiger charge is 2.42. The largest absolute Gasteiger partial charge is 0.339 e. The van der Waals surface area contributed by atoms with E-state index in [1.807, 2.05) is 17.9 Å². The number of nitrogens with zero attached hydrogens (tertiary/aromatic N) is 2. The van der Waals surface area contributed by atoms with Crippen molar-refractivity contribution in [3.8, 4) is 0 Å². The van der Waals surface area contributed by atoms with E-state index in [1.165, 1.54) is 6.42 Å². The molecule has 140 valence electrons. The highest BCUT2D eigenvalue weighted by molar-refractivity contribution is 6.22. The lowest BCUT2D eigenvalue weighted by atomic mass is 10.1. The topological polar surface area (TPSA) is 69.7 Å². The van der Waals surface area contributed by atoms with Crippen LogP contribution in [0.25, 0.3) is 0 Å². The minimum atomic E-state index is -0.774. The lowest BCUT2D eigenvalue weighted by Gasteiger charge is -2.30. The molecule has 0 aliphatic carbocycles. The molecule has 1 aromatic rings. The third kappa shape index (κ3) is 3.01. The zero-order valence-corrected chi connectivity index (χ0v) is 15.8. The van der Waals surface area contributed by atoms with Crippen molar-refractivity contribution in [1.82, 2.24) is 15.1 Å². The molecule has 0 spiro atoms. The number of halogens is 1. The van der Waals surface area contributed by atoms with E-state index < -0.39 is 6.04 Å². The molecule has 7 heteroatoms. The number of rotatable bonds is 2. The molecule has 3 unspecified atom stereocenters. The minimum Gasteiger partial charge on any atom is -0.339 e. The maximum atomic E-state index is 13.0. The third-order valence-corrected chi connectivity index (χ3v) is 5.65. The predicted molar refractivity (Wildman–Crippen MR) is 99.5 cm³/mol. The van der Waals surface area contributed by atoms with Crippen LogP contribution >= 0.6 is 12.4 Å². The lowest BCUT2D eigenvalue weighted by molar-refractivity contribution is -0.135. The standard InChI is InChI=1S/C19H23N3O3.ClH/c1-11-3-6-15-16(9-11)19(25)22(18(15)24)12(2)17(23)21-8-7-13-4-5-14(10-21)20-13;/h3,6,9,12-14,20H,4-5,7-8,10H2,1-2H3;1H. The van der Waals surface area contributed by atoms with E-state index in [2.05, 4.69) is 5.32 Å². The molecule has 2 fully saturated rings. The Morgan fingerprint density at radius 2 is 1.81 bits per heavy atom. The SMILES string of the molecule is Cc1ccc2c(c1)C(=O)N(C(C)C(=O)N1CCC3CCC(C1)N3)C2=O.Cl. The van der Waals surface area contributed by atoms with Gasteiger partial charge in [0.05, 0.1) is 11.1 Å². The molecule has 1 N–H and O–H groups in total. The summed E-state index contributed by atoms with van der Waals surface area (Å²) in [5.74, 6) is -0.866. The van der Waals surface area contributed by atoms with Crippen LogP contribution in [0.15, 0.2) is 18.2 Å². The molecule has 3 aliphatic heterocycles. The van der Waals surface area contributed by atoms with Crippen LogP contribution in [0.3, 0.4) is 0 Å². The maximum Gasteiger partial charge on any atom is 0.262 e. The van der Waals surface area contributed by atoms with Gasteiger partial charge >= 0.3 is 0 Å². The molecule has 3 aliphatic rings. The lowest BCUT2D eigenvalue weighted by Crippen LogP contribution is -2.51. The molecule has 0 saturated carbocycles. The van der Waals surface area contributed by atoms with Crippen molar-refractivity contribution in [2.24, 2.45) is 0 Å². The fourth-order valence-corrected chi connectivity index (χ4v) is 4.24. The second-order valence-corrected chi connectivity index (χ2v) is 7.42. The Morgan fingerprint density at radius 1 is 1.12 bits per heavy atom. The molecule has 3 atom stereocenters. The van der Waals surface area contributed by atoms with Crippen LogP contribution < -0.4 is 5.32 Å². The van der Waals surface area contributed by atoms with Gasteiger partial charge in [0.15, 0.2) is 0 Å². The van der Waals surface area contributed by atoms with Crippen LogP contribution in [0, 0.1) is 6.92 Å².